The highest BCUT2D eigenvalue weighted by Gasteiger charge is 2.19. The fourth-order valence-corrected chi connectivity index (χ4v) is 3.69. The molecule has 0 radical (unpaired) electrons. The molecule has 1 amide bonds. The van der Waals surface area contributed by atoms with Gasteiger partial charge in [-0.15, -0.1) is 0 Å². The second-order valence-electron chi connectivity index (χ2n) is 7.58. The molecule has 0 aliphatic carbocycles. The molecule has 29 heavy (non-hydrogen) atoms. The van der Waals surface area contributed by atoms with E-state index in [2.05, 4.69) is 15.2 Å². The van der Waals surface area contributed by atoms with Crippen LogP contribution in [0.5, 0.6) is 0 Å². The van der Waals surface area contributed by atoms with E-state index in [4.69, 9.17) is 9.72 Å². The zero-order chi connectivity index (χ0) is 20.2. The third-order valence-electron chi connectivity index (χ3n) is 5.15. The van der Waals surface area contributed by atoms with Crippen LogP contribution in [0.3, 0.4) is 0 Å². The van der Waals surface area contributed by atoms with Crippen molar-refractivity contribution in [3.05, 3.63) is 59.8 Å². The van der Waals surface area contributed by atoms with Gasteiger partial charge in [0.15, 0.2) is 0 Å². The van der Waals surface area contributed by atoms with Crippen LogP contribution in [-0.2, 0) is 4.74 Å². The predicted octanol–water partition coefficient (Wildman–Crippen LogP) is 3.06. The molecular formula is C23H26N4O2. The molecule has 6 heteroatoms. The van der Waals surface area contributed by atoms with E-state index in [1.807, 2.05) is 56.3 Å². The van der Waals surface area contributed by atoms with Crippen molar-refractivity contribution < 1.29 is 9.53 Å². The summed E-state index contributed by atoms with van der Waals surface area (Å²) in [5, 5.41) is 4.03. The SMILES string of the molecule is Cc1ccc2nc(-c3ccccn3)cc(C(=O)NC(C)CN3CCOCC3)c2c1. The zero-order valence-electron chi connectivity index (χ0n) is 16.9. The maximum absolute atomic E-state index is 13.2. The Morgan fingerprint density at radius 1 is 1.17 bits per heavy atom. The summed E-state index contributed by atoms with van der Waals surface area (Å²) in [6, 6.07) is 13.6. The molecule has 4 rings (SSSR count). The fraction of sp³-hybridized carbons (Fsp3) is 0.348. The molecule has 1 saturated heterocycles. The Morgan fingerprint density at radius 3 is 2.76 bits per heavy atom. The van der Waals surface area contributed by atoms with Gasteiger partial charge in [0.25, 0.3) is 5.91 Å². The normalized spacial score (nSPS) is 15.9. The lowest BCUT2D eigenvalue weighted by Gasteiger charge is -2.29. The third kappa shape index (κ3) is 4.60. The van der Waals surface area contributed by atoms with E-state index in [1.165, 1.54) is 0 Å². The maximum atomic E-state index is 13.2. The summed E-state index contributed by atoms with van der Waals surface area (Å²) >= 11 is 0. The van der Waals surface area contributed by atoms with Crippen molar-refractivity contribution in [3.63, 3.8) is 0 Å². The largest absolute Gasteiger partial charge is 0.379 e. The van der Waals surface area contributed by atoms with Crippen molar-refractivity contribution >= 4 is 16.8 Å². The summed E-state index contributed by atoms with van der Waals surface area (Å²) in [6.45, 7) is 8.19. The number of morpholine rings is 1. The van der Waals surface area contributed by atoms with Gasteiger partial charge in [0.05, 0.1) is 35.7 Å². The molecule has 0 bridgehead atoms. The molecule has 1 atom stereocenters. The van der Waals surface area contributed by atoms with Gasteiger partial charge in [-0.1, -0.05) is 17.7 Å². The highest BCUT2D eigenvalue weighted by Crippen LogP contribution is 2.25. The monoisotopic (exact) mass is 390 g/mol. The number of nitrogens with one attached hydrogen (secondary N) is 1. The van der Waals surface area contributed by atoms with Crippen LogP contribution in [-0.4, -0.2) is 59.7 Å². The van der Waals surface area contributed by atoms with Gasteiger partial charge in [-0.2, -0.15) is 0 Å². The van der Waals surface area contributed by atoms with Gasteiger partial charge in [-0.05, 0) is 44.2 Å². The minimum absolute atomic E-state index is 0.0342. The molecule has 1 unspecified atom stereocenters. The highest BCUT2D eigenvalue weighted by atomic mass is 16.5. The topological polar surface area (TPSA) is 67.4 Å². The highest BCUT2D eigenvalue weighted by molar-refractivity contribution is 6.07. The Labute approximate surface area is 170 Å². The molecule has 150 valence electrons. The number of fused-ring (bicyclic) bond motifs is 1. The fourth-order valence-electron chi connectivity index (χ4n) is 3.69. The molecule has 1 N–H and O–H groups in total. The first kappa shape index (κ1) is 19.5. The van der Waals surface area contributed by atoms with E-state index < -0.39 is 0 Å². The lowest BCUT2D eigenvalue weighted by molar-refractivity contribution is 0.0342. The number of hydrogen-bond acceptors (Lipinski definition) is 5. The lowest BCUT2D eigenvalue weighted by atomic mass is 10.0. The number of aromatic nitrogens is 2. The Hall–Kier alpha value is -2.83. The van der Waals surface area contributed by atoms with E-state index in [9.17, 15) is 4.79 Å². The van der Waals surface area contributed by atoms with Crippen LogP contribution in [0, 0.1) is 6.92 Å². The molecule has 3 heterocycles. The van der Waals surface area contributed by atoms with Crippen LogP contribution in [0.15, 0.2) is 48.7 Å². The summed E-state index contributed by atoms with van der Waals surface area (Å²) in [7, 11) is 0. The predicted molar refractivity (Wildman–Crippen MR) is 114 cm³/mol. The molecule has 1 fully saturated rings. The maximum Gasteiger partial charge on any atom is 0.252 e. The minimum Gasteiger partial charge on any atom is -0.379 e. The Morgan fingerprint density at radius 2 is 2.00 bits per heavy atom. The summed E-state index contributed by atoms with van der Waals surface area (Å²) in [5.41, 5.74) is 3.98. The quantitative estimate of drug-likeness (QED) is 0.725. The second-order valence-corrected chi connectivity index (χ2v) is 7.58. The summed E-state index contributed by atoms with van der Waals surface area (Å²) in [5.74, 6) is -0.0825. The molecule has 0 spiro atoms. The standard InChI is InChI=1S/C23H26N4O2/c1-16-6-7-20-18(13-16)19(14-22(26-20)21-5-3-4-8-24-21)23(28)25-17(2)15-27-9-11-29-12-10-27/h3-8,13-14,17H,9-12,15H2,1-2H3,(H,25,28). The average molecular weight is 390 g/mol. The van der Waals surface area contributed by atoms with Crippen molar-refractivity contribution in [2.75, 3.05) is 32.8 Å². The van der Waals surface area contributed by atoms with Crippen LogP contribution in [0.4, 0.5) is 0 Å². The molecule has 3 aromatic rings. The number of amides is 1. The van der Waals surface area contributed by atoms with Gasteiger partial charge in [0, 0.05) is 37.3 Å². The average Bonchev–Trinajstić information content (AvgIpc) is 2.74. The van der Waals surface area contributed by atoms with E-state index in [0.29, 0.717) is 11.3 Å². The molecule has 6 nitrogen and oxygen atoms in total. The van der Waals surface area contributed by atoms with Gasteiger partial charge in [0.1, 0.15) is 0 Å². The summed E-state index contributed by atoms with van der Waals surface area (Å²) in [4.78, 5) is 24.7. The van der Waals surface area contributed by atoms with Crippen molar-refractivity contribution in [3.8, 4) is 11.4 Å². The zero-order valence-corrected chi connectivity index (χ0v) is 16.9. The smallest absolute Gasteiger partial charge is 0.252 e. The molecule has 2 aromatic heterocycles. The van der Waals surface area contributed by atoms with Crippen molar-refractivity contribution in [1.82, 2.24) is 20.2 Å². The lowest BCUT2D eigenvalue weighted by Crippen LogP contribution is -2.46. The number of pyridine rings is 2. The van der Waals surface area contributed by atoms with Gasteiger partial charge < -0.3 is 10.1 Å². The van der Waals surface area contributed by atoms with Crippen molar-refractivity contribution in [2.24, 2.45) is 0 Å². The van der Waals surface area contributed by atoms with Crippen molar-refractivity contribution in [1.29, 1.82) is 0 Å². The van der Waals surface area contributed by atoms with E-state index in [0.717, 1.165) is 55.0 Å². The Kier molecular flexibility index (Phi) is 5.83. The number of carbonyl (C=O) groups is 1. The number of hydrogen-bond donors (Lipinski definition) is 1. The van der Waals surface area contributed by atoms with Gasteiger partial charge in [-0.25, -0.2) is 4.98 Å². The van der Waals surface area contributed by atoms with E-state index in [-0.39, 0.29) is 11.9 Å². The van der Waals surface area contributed by atoms with Gasteiger partial charge in [0.2, 0.25) is 0 Å². The second kappa shape index (κ2) is 8.68. The molecular weight excluding hydrogens is 364 g/mol. The molecule has 1 aromatic carbocycles. The summed E-state index contributed by atoms with van der Waals surface area (Å²) < 4.78 is 5.40. The van der Waals surface area contributed by atoms with E-state index >= 15 is 0 Å². The number of rotatable bonds is 5. The number of ether oxygens (including phenoxy) is 1. The number of nitrogens with zero attached hydrogens (tertiary/aromatic N) is 3. The van der Waals surface area contributed by atoms with Crippen molar-refractivity contribution in [2.45, 2.75) is 19.9 Å². The van der Waals surface area contributed by atoms with E-state index in [1.54, 1.807) is 6.20 Å². The van der Waals surface area contributed by atoms with Crippen LogP contribution >= 0.6 is 0 Å². The van der Waals surface area contributed by atoms with Crippen LogP contribution < -0.4 is 5.32 Å². The number of aryl methyl sites for hydroxylation is 1. The minimum atomic E-state index is -0.0825. The summed E-state index contributed by atoms with van der Waals surface area (Å²) in [6.07, 6.45) is 1.74. The van der Waals surface area contributed by atoms with Gasteiger partial charge in [-0.3, -0.25) is 14.7 Å². The third-order valence-corrected chi connectivity index (χ3v) is 5.15. The van der Waals surface area contributed by atoms with Crippen LogP contribution in [0.2, 0.25) is 0 Å². The van der Waals surface area contributed by atoms with Crippen LogP contribution in [0.25, 0.3) is 22.3 Å². The first-order valence-electron chi connectivity index (χ1n) is 10.0. The number of benzene rings is 1. The van der Waals surface area contributed by atoms with Gasteiger partial charge >= 0.3 is 0 Å². The first-order valence-corrected chi connectivity index (χ1v) is 10.0. The molecule has 1 aliphatic heterocycles. The molecule has 1 aliphatic rings. The Balaban J connectivity index is 1.63. The number of carbonyl (C=O) groups excluding carboxylic acids is 1. The Bertz CT molecular complexity index is 1000. The van der Waals surface area contributed by atoms with Crippen LogP contribution in [0.1, 0.15) is 22.8 Å². The molecule has 0 saturated carbocycles. The first-order chi connectivity index (χ1) is 14.1.